The van der Waals surface area contributed by atoms with Gasteiger partial charge in [0.25, 0.3) is 10.0 Å². The number of aryl methyl sites for hydroxylation is 1. The first kappa shape index (κ1) is 33.7. The smallest absolute Gasteiger partial charge is 0.264 e. The van der Waals surface area contributed by atoms with Crippen LogP contribution in [-0.2, 0) is 32.6 Å². The molecule has 4 rings (SSSR count). The van der Waals surface area contributed by atoms with E-state index in [2.05, 4.69) is 5.32 Å². The molecule has 2 amide bonds. The van der Waals surface area contributed by atoms with Gasteiger partial charge in [-0.15, -0.1) is 0 Å². The Kier molecular flexibility index (Phi) is 11.4. The van der Waals surface area contributed by atoms with Crippen LogP contribution < -0.4 is 9.62 Å². The maximum Gasteiger partial charge on any atom is 0.264 e. The van der Waals surface area contributed by atoms with Crippen molar-refractivity contribution in [1.82, 2.24) is 10.2 Å². The summed E-state index contributed by atoms with van der Waals surface area (Å²) in [6.45, 7) is 4.88. The van der Waals surface area contributed by atoms with E-state index in [0.29, 0.717) is 22.6 Å². The zero-order valence-electron chi connectivity index (χ0n) is 25.5. The number of sulfonamides is 1. The molecule has 0 saturated heterocycles. The zero-order chi connectivity index (χ0) is 32.6. The van der Waals surface area contributed by atoms with Gasteiger partial charge in [-0.2, -0.15) is 0 Å². The van der Waals surface area contributed by atoms with E-state index >= 15 is 0 Å². The number of nitrogens with zero attached hydrogens (tertiary/aromatic N) is 2. The lowest BCUT2D eigenvalue weighted by Crippen LogP contribution is -2.54. The number of carbonyl (C=O) groups is 2. The number of anilines is 1. The Labute approximate surface area is 269 Å². The summed E-state index contributed by atoms with van der Waals surface area (Å²) < 4.78 is 43.1. The molecule has 7 nitrogen and oxygen atoms in total. The third-order valence-electron chi connectivity index (χ3n) is 7.59. The van der Waals surface area contributed by atoms with Crippen molar-refractivity contribution in [2.75, 3.05) is 10.8 Å². The van der Waals surface area contributed by atoms with Crippen molar-refractivity contribution < 1.29 is 22.4 Å². The number of benzene rings is 4. The molecule has 4 aromatic carbocycles. The highest BCUT2D eigenvalue weighted by molar-refractivity contribution is 7.92. The molecule has 0 heterocycles. The van der Waals surface area contributed by atoms with Gasteiger partial charge in [0.1, 0.15) is 18.4 Å². The Morgan fingerprint density at radius 2 is 1.51 bits per heavy atom. The molecule has 10 heteroatoms. The molecular weight excluding hydrogens is 613 g/mol. The number of nitrogens with one attached hydrogen (secondary N) is 1. The first-order valence-corrected chi connectivity index (χ1v) is 16.5. The molecule has 1 N–H and O–H groups in total. The number of halogens is 2. The van der Waals surface area contributed by atoms with Crippen LogP contribution in [0, 0.1) is 12.7 Å². The lowest BCUT2D eigenvalue weighted by Gasteiger charge is -2.34. The van der Waals surface area contributed by atoms with E-state index in [4.69, 9.17) is 11.6 Å². The first-order chi connectivity index (χ1) is 21.5. The van der Waals surface area contributed by atoms with Crippen LogP contribution in [-0.4, -0.2) is 43.8 Å². The van der Waals surface area contributed by atoms with Gasteiger partial charge in [0.15, 0.2) is 0 Å². The standard InChI is InChI=1S/C35H37ClFN3O4S/c1-4-26(3)38-35(42)33(21-27-11-7-5-8-12-27)39(23-28-16-19-30(37)20-17-28)34(41)24-40(32-22-29(36)18-15-25(32)2)45(43,44)31-13-9-6-10-14-31/h5-20,22,26,33H,4,21,23-24H2,1-3H3,(H,38,42)/t26-,33-/m1/s1. The molecule has 0 spiro atoms. The summed E-state index contributed by atoms with van der Waals surface area (Å²) in [5.41, 5.74) is 2.23. The molecular formula is C35H37ClFN3O4S. The van der Waals surface area contributed by atoms with Crippen LogP contribution in [0.25, 0.3) is 0 Å². The molecule has 0 aromatic heterocycles. The summed E-state index contributed by atoms with van der Waals surface area (Å²) in [6, 6.07) is 26.4. The fraction of sp³-hybridized carbons (Fsp3) is 0.257. The molecule has 0 unspecified atom stereocenters. The van der Waals surface area contributed by atoms with Gasteiger partial charge < -0.3 is 10.2 Å². The second kappa shape index (κ2) is 15.2. The van der Waals surface area contributed by atoms with Gasteiger partial charge in [-0.1, -0.05) is 85.3 Å². The Hall–Kier alpha value is -4.21. The summed E-state index contributed by atoms with van der Waals surface area (Å²) in [6.07, 6.45) is 0.852. The summed E-state index contributed by atoms with van der Waals surface area (Å²) >= 11 is 6.32. The van der Waals surface area contributed by atoms with E-state index in [0.717, 1.165) is 9.87 Å². The van der Waals surface area contributed by atoms with E-state index < -0.39 is 34.3 Å². The minimum Gasteiger partial charge on any atom is -0.352 e. The molecule has 45 heavy (non-hydrogen) atoms. The van der Waals surface area contributed by atoms with Gasteiger partial charge in [0, 0.05) is 24.0 Å². The Morgan fingerprint density at radius 1 is 0.889 bits per heavy atom. The Balaban J connectivity index is 1.83. The highest BCUT2D eigenvalue weighted by atomic mass is 35.5. The van der Waals surface area contributed by atoms with E-state index in [1.54, 1.807) is 49.4 Å². The van der Waals surface area contributed by atoms with Crippen molar-refractivity contribution in [3.8, 4) is 0 Å². The van der Waals surface area contributed by atoms with E-state index in [9.17, 15) is 22.4 Å². The fourth-order valence-electron chi connectivity index (χ4n) is 4.87. The molecule has 0 saturated carbocycles. The number of carbonyl (C=O) groups excluding carboxylic acids is 2. The van der Waals surface area contributed by atoms with Crippen LogP contribution in [0.1, 0.15) is 37.0 Å². The number of rotatable bonds is 13. The average Bonchev–Trinajstić information content (AvgIpc) is 3.04. The lowest BCUT2D eigenvalue weighted by atomic mass is 10.0. The van der Waals surface area contributed by atoms with Crippen molar-refractivity contribution in [1.29, 1.82) is 0 Å². The predicted octanol–water partition coefficient (Wildman–Crippen LogP) is 6.54. The van der Waals surface area contributed by atoms with Gasteiger partial charge >= 0.3 is 0 Å². The molecule has 0 aliphatic carbocycles. The van der Waals surface area contributed by atoms with Crippen LogP contribution >= 0.6 is 11.6 Å². The number of hydrogen-bond donors (Lipinski definition) is 1. The van der Waals surface area contributed by atoms with Gasteiger partial charge in [0.05, 0.1) is 10.6 Å². The maximum absolute atomic E-state index is 14.5. The monoisotopic (exact) mass is 649 g/mol. The Bertz CT molecular complexity index is 1700. The summed E-state index contributed by atoms with van der Waals surface area (Å²) in [4.78, 5) is 29.7. The molecule has 2 atom stereocenters. The highest BCUT2D eigenvalue weighted by Gasteiger charge is 2.35. The second-order valence-electron chi connectivity index (χ2n) is 10.9. The van der Waals surface area contributed by atoms with Crippen molar-refractivity contribution >= 4 is 39.1 Å². The first-order valence-electron chi connectivity index (χ1n) is 14.7. The third-order valence-corrected chi connectivity index (χ3v) is 9.60. The van der Waals surface area contributed by atoms with Crippen molar-refractivity contribution in [3.63, 3.8) is 0 Å². The van der Waals surface area contributed by atoms with Crippen molar-refractivity contribution in [2.24, 2.45) is 0 Å². The summed E-state index contributed by atoms with van der Waals surface area (Å²) in [5.74, 6) is -1.43. The van der Waals surface area contributed by atoms with Gasteiger partial charge in [-0.25, -0.2) is 12.8 Å². The number of amides is 2. The van der Waals surface area contributed by atoms with Crippen molar-refractivity contribution in [3.05, 3.63) is 131 Å². The van der Waals surface area contributed by atoms with Crippen LogP contribution in [0.15, 0.2) is 108 Å². The van der Waals surface area contributed by atoms with Gasteiger partial charge in [-0.05, 0) is 73.4 Å². The zero-order valence-corrected chi connectivity index (χ0v) is 27.1. The fourth-order valence-corrected chi connectivity index (χ4v) is 6.52. The molecule has 0 fully saturated rings. The van der Waals surface area contributed by atoms with Crippen LogP contribution in [0.5, 0.6) is 0 Å². The van der Waals surface area contributed by atoms with Crippen LogP contribution in [0.3, 0.4) is 0 Å². The molecule has 0 radical (unpaired) electrons. The van der Waals surface area contributed by atoms with E-state index in [-0.39, 0.29) is 35.5 Å². The minimum absolute atomic E-state index is 0.00221. The topological polar surface area (TPSA) is 86.8 Å². The van der Waals surface area contributed by atoms with Crippen LogP contribution in [0.2, 0.25) is 5.02 Å². The summed E-state index contributed by atoms with van der Waals surface area (Å²) in [7, 11) is -4.25. The van der Waals surface area contributed by atoms with Gasteiger partial charge in [-0.3, -0.25) is 13.9 Å². The van der Waals surface area contributed by atoms with E-state index in [1.807, 2.05) is 44.2 Å². The minimum atomic E-state index is -4.25. The number of hydrogen-bond acceptors (Lipinski definition) is 4. The normalized spacial score (nSPS) is 12.6. The van der Waals surface area contributed by atoms with Gasteiger partial charge in [0.2, 0.25) is 11.8 Å². The summed E-state index contributed by atoms with van der Waals surface area (Å²) in [5, 5.41) is 3.30. The quantitative estimate of drug-likeness (QED) is 0.178. The second-order valence-corrected chi connectivity index (χ2v) is 13.2. The van der Waals surface area contributed by atoms with Crippen molar-refractivity contribution in [2.45, 2.75) is 57.1 Å². The highest BCUT2D eigenvalue weighted by Crippen LogP contribution is 2.30. The SMILES string of the molecule is CC[C@@H](C)NC(=O)[C@@H](Cc1ccccc1)N(Cc1ccc(F)cc1)C(=O)CN(c1cc(Cl)ccc1C)S(=O)(=O)c1ccccc1. The molecule has 0 aliphatic heterocycles. The Morgan fingerprint density at radius 3 is 2.13 bits per heavy atom. The lowest BCUT2D eigenvalue weighted by molar-refractivity contribution is -0.140. The maximum atomic E-state index is 14.5. The van der Waals surface area contributed by atoms with E-state index in [1.165, 1.54) is 35.2 Å². The predicted molar refractivity (Wildman–Crippen MR) is 176 cm³/mol. The molecule has 0 aliphatic rings. The van der Waals surface area contributed by atoms with Crippen LogP contribution in [0.4, 0.5) is 10.1 Å². The average molecular weight is 650 g/mol. The largest absolute Gasteiger partial charge is 0.352 e. The molecule has 0 bridgehead atoms. The molecule has 4 aromatic rings. The molecule has 236 valence electrons. The third kappa shape index (κ3) is 8.71.